The molecule has 0 saturated heterocycles. The van der Waals surface area contributed by atoms with Crippen molar-refractivity contribution >= 4 is 11.8 Å². The summed E-state index contributed by atoms with van der Waals surface area (Å²) in [6.07, 6.45) is 3.73. The zero-order valence-electron chi connectivity index (χ0n) is 9.05. The van der Waals surface area contributed by atoms with Gasteiger partial charge in [0.15, 0.2) is 6.29 Å². The molecule has 0 N–H and O–H groups in total. The van der Waals surface area contributed by atoms with E-state index >= 15 is 0 Å². The normalized spacial score (nSPS) is 11.4. The third-order valence-corrected chi connectivity index (χ3v) is 2.81. The molecule has 2 nitrogen and oxygen atoms in total. The molecule has 1 aromatic rings. The maximum absolute atomic E-state index is 5.03. The summed E-state index contributed by atoms with van der Waals surface area (Å²) in [5, 5.41) is 0. The average molecular weight is 224 g/mol. The Labute approximate surface area is 95.3 Å². The molecule has 0 atom stereocenters. The SMILES string of the molecule is COC(/C=C/CSc1ccccc1)OC. The molecular weight excluding hydrogens is 208 g/mol. The minimum absolute atomic E-state index is 0.235. The third kappa shape index (κ3) is 5.02. The molecule has 0 bridgehead atoms. The quantitative estimate of drug-likeness (QED) is 0.420. The number of hydrogen-bond acceptors (Lipinski definition) is 3. The van der Waals surface area contributed by atoms with E-state index in [1.54, 1.807) is 26.0 Å². The monoisotopic (exact) mass is 224 g/mol. The smallest absolute Gasteiger partial charge is 0.176 e. The summed E-state index contributed by atoms with van der Waals surface area (Å²) in [7, 11) is 3.26. The molecule has 0 aromatic heterocycles. The van der Waals surface area contributed by atoms with Crippen LogP contribution in [0.3, 0.4) is 0 Å². The van der Waals surface area contributed by atoms with Crippen molar-refractivity contribution in [3.05, 3.63) is 42.5 Å². The van der Waals surface area contributed by atoms with Crippen LogP contribution in [-0.2, 0) is 9.47 Å². The molecule has 0 aliphatic rings. The van der Waals surface area contributed by atoms with Crippen LogP contribution in [0.15, 0.2) is 47.4 Å². The van der Waals surface area contributed by atoms with Gasteiger partial charge in [0.2, 0.25) is 0 Å². The largest absolute Gasteiger partial charge is 0.352 e. The molecule has 1 aromatic carbocycles. The predicted octanol–water partition coefficient (Wildman–Crippen LogP) is 2.95. The number of rotatable bonds is 6. The molecule has 0 spiro atoms. The summed E-state index contributed by atoms with van der Waals surface area (Å²) in [5.74, 6) is 0.924. The van der Waals surface area contributed by atoms with Crippen molar-refractivity contribution in [2.45, 2.75) is 11.2 Å². The van der Waals surface area contributed by atoms with Crippen molar-refractivity contribution in [1.82, 2.24) is 0 Å². The summed E-state index contributed by atoms with van der Waals surface area (Å²) < 4.78 is 10.1. The van der Waals surface area contributed by atoms with Crippen LogP contribution in [0.1, 0.15) is 0 Å². The van der Waals surface area contributed by atoms with Crippen molar-refractivity contribution in [3.63, 3.8) is 0 Å². The average Bonchev–Trinajstić information content (AvgIpc) is 2.31. The molecule has 0 radical (unpaired) electrons. The Bertz CT molecular complexity index is 281. The Hall–Kier alpha value is -0.770. The van der Waals surface area contributed by atoms with E-state index in [1.807, 2.05) is 24.3 Å². The summed E-state index contributed by atoms with van der Waals surface area (Å²) in [5.41, 5.74) is 0. The summed E-state index contributed by atoms with van der Waals surface area (Å²) in [6.45, 7) is 0. The molecule has 0 heterocycles. The Morgan fingerprint density at radius 1 is 1.20 bits per heavy atom. The summed E-state index contributed by atoms with van der Waals surface area (Å²) in [6, 6.07) is 10.3. The van der Waals surface area contributed by atoms with Crippen LogP contribution >= 0.6 is 11.8 Å². The van der Waals surface area contributed by atoms with Crippen LogP contribution in [0.4, 0.5) is 0 Å². The molecule has 0 saturated carbocycles. The van der Waals surface area contributed by atoms with Gasteiger partial charge in [-0.25, -0.2) is 0 Å². The molecule has 15 heavy (non-hydrogen) atoms. The van der Waals surface area contributed by atoms with Crippen LogP contribution in [0, 0.1) is 0 Å². The second-order valence-electron chi connectivity index (χ2n) is 2.89. The summed E-state index contributed by atoms with van der Waals surface area (Å²) in [4.78, 5) is 1.27. The maximum atomic E-state index is 5.03. The zero-order valence-corrected chi connectivity index (χ0v) is 9.87. The molecule has 0 fully saturated rings. The Kier molecular flexibility index (Phi) is 6.16. The van der Waals surface area contributed by atoms with Gasteiger partial charge < -0.3 is 9.47 Å². The minimum atomic E-state index is -0.235. The topological polar surface area (TPSA) is 18.5 Å². The van der Waals surface area contributed by atoms with E-state index in [1.165, 1.54) is 4.90 Å². The standard InChI is InChI=1S/C12H16O2S/c1-13-12(14-2)9-6-10-15-11-7-4-3-5-8-11/h3-9,12H,10H2,1-2H3/b9-6+. The second kappa shape index (κ2) is 7.51. The van der Waals surface area contributed by atoms with Crippen molar-refractivity contribution < 1.29 is 9.47 Å². The highest BCUT2D eigenvalue weighted by Gasteiger charge is 1.96. The van der Waals surface area contributed by atoms with Gasteiger partial charge in [-0.3, -0.25) is 0 Å². The van der Waals surface area contributed by atoms with E-state index in [2.05, 4.69) is 18.2 Å². The highest BCUT2D eigenvalue weighted by atomic mass is 32.2. The molecule has 3 heteroatoms. The maximum Gasteiger partial charge on any atom is 0.176 e. The molecular formula is C12H16O2S. The van der Waals surface area contributed by atoms with Crippen molar-refractivity contribution in [2.24, 2.45) is 0 Å². The highest BCUT2D eigenvalue weighted by Crippen LogP contribution is 2.16. The molecule has 0 aliphatic carbocycles. The van der Waals surface area contributed by atoms with Crippen molar-refractivity contribution in [1.29, 1.82) is 0 Å². The predicted molar refractivity (Wildman–Crippen MR) is 64.1 cm³/mol. The first-order valence-corrected chi connectivity index (χ1v) is 5.75. The van der Waals surface area contributed by atoms with Gasteiger partial charge in [-0.2, -0.15) is 0 Å². The van der Waals surface area contributed by atoms with Crippen LogP contribution in [0.2, 0.25) is 0 Å². The van der Waals surface area contributed by atoms with Crippen LogP contribution in [0.25, 0.3) is 0 Å². The lowest BCUT2D eigenvalue weighted by molar-refractivity contribution is -0.0666. The van der Waals surface area contributed by atoms with Gasteiger partial charge in [0, 0.05) is 24.9 Å². The zero-order chi connectivity index (χ0) is 10.9. The van der Waals surface area contributed by atoms with Crippen LogP contribution < -0.4 is 0 Å². The van der Waals surface area contributed by atoms with Gasteiger partial charge in [0.1, 0.15) is 0 Å². The lowest BCUT2D eigenvalue weighted by atomic mass is 10.4. The van der Waals surface area contributed by atoms with E-state index in [0.29, 0.717) is 0 Å². The number of hydrogen-bond donors (Lipinski definition) is 0. The molecule has 0 amide bonds. The van der Waals surface area contributed by atoms with Gasteiger partial charge in [0.05, 0.1) is 0 Å². The Morgan fingerprint density at radius 3 is 2.47 bits per heavy atom. The highest BCUT2D eigenvalue weighted by molar-refractivity contribution is 7.99. The Morgan fingerprint density at radius 2 is 1.87 bits per heavy atom. The molecule has 82 valence electrons. The second-order valence-corrected chi connectivity index (χ2v) is 3.99. The van der Waals surface area contributed by atoms with Gasteiger partial charge in [0.25, 0.3) is 0 Å². The van der Waals surface area contributed by atoms with Crippen LogP contribution in [0.5, 0.6) is 0 Å². The number of thioether (sulfide) groups is 1. The van der Waals surface area contributed by atoms with Gasteiger partial charge >= 0.3 is 0 Å². The lowest BCUT2D eigenvalue weighted by Crippen LogP contribution is -2.08. The molecule has 0 aliphatic heterocycles. The Balaban J connectivity index is 2.27. The van der Waals surface area contributed by atoms with Crippen molar-refractivity contribution in [3.8, 4) is 0 Å². The van der Waals surface area contributed by atoms with E-state index < -0.39 is 0 Å². The van der Waals surface area contributed by atoms with Crippen LogP contribution in [-0.4, -0.2) is 26.3 Å². The number of methoxy groups -OCH3 is 2. The van der Waals surface area contributed by atoms with E-state index in [0.717, 1.165) is 5.75 Å². The molecule has 0 unspecified atom stereocenters. The third-order valence-electron chi connectivity index (χ3n) is 1.85. The molecule has 1 rings (SSSR count). The fourth-order valence-electron chi connectivity index (χ4n) is 1.08. The van der Waals surface area contributed by atoms with Gasteiger partial charge in [-0.15, -0.1) is 11.8 Å². The minimum Gasteiger partial charge on any atom is -0.352 e. The fourth-order valence-corrected chi connectivity index (χ4v) is 1.83. The van der Waals surface area contributed by atoms with E-state index in [-0.39, 0.29) is 6.29 Å². The number of benzene rings is 1. The van der Waals surface area contributed by atoms with E-state index in [4.69, 9.17) is 9.47 Å². The first-order chi connectivity index (χ1) is 7.36. The first kappa shape index (κ1) is 12.3. The van der Waals surface area contributed by atoms with E-state index in [9.17, 15) is 0 Å². The summed E-state index contributed by atoms with van der Waals surface area (Å²) >= 11 is 1.79. The first-order valence-electron chi connectivity index (χ1n) is 4.77. The van der Waals surface area contributed by atoms with Crippen molar-refractivity contribution in [2.75, 3.05) is 20.0 Å². The van der Waals surface area contributed by atoms with Gasteiger partial charge in [-0.05, 0) is 18.2 Å². The van der Waals surface area contributed by atoms with Gasteiger partial charge in [-0.1, -0.05) is 24.3 Å². The lowest BCUT2D eigenvalue weighted by Gasteiger charge is -2.06. The fraction of sp³-hybridized carbons (Fsp3) is 0.333. The number of ether oxygens (including phenoxy) is 2.